The number of nitrogens with two attached hydrogens (primary N) is 1. The van der Waals surface area contributed by atoms with Crippen molar-refractivity contribution in [2.45, 2.75) is 10.9 Å². The first kappa shape index (κ1) is 14.4. The molecule has 0 aliphatic heterocycles. The van der Waals surface area contributed by atoms with Crippen LogP contribution in [0, 0.1) is 0 Å². The highest BCUT2D eigenvalue weighted by Crippen LogP contribution is 2.25. The number of hydrogen-bond donors (Lipinski definition) is 1. The minimum atomic E-state index is -0.319. The molecule has 0 aliphatic carbocycles. The Morgan fingerprint density at radius 2 is 1.64 bits per heavy atom. The van der Waals surface area contributed by atoms with Crippen molar-refractivity contribution in [3.8, 4) is 5.69 Å². The van der Waals surface area contributed by atoms with Gasteiger partial charge in [-0.2, -0.15) is 4.98 Å². The minimum absolute atomic E-state index is 0.319. The molecule has 110 valence electrons. The van der Waals surface area contributed by atoms with Crippen LogP contribution in [0.25, 0.3) is 5.69 Å². The van der Waals surface area contributed by atoms with E-state index in [1.165, 1.54) is 23.4 Å². The highest BCUT2D eigenvalue weighted by molar-refractivity contribution is 7.98. The van der Waals surface area contributed by atoms with Crippen LogP contribution in [0.2, 0.25) is 0 Å². The molecule has 1 heterocycles. The van der Waals surface area contributed by atoms with E-state index in [0.717, 1.165) is 11.4 Å². The van der Waals surface area contributed by atoms with Gasteiger partial charge < -0.3 is 5.73 Å². The molecule has 22 heavy (non-hydrogen) atoms. The second-order valence-electron chi connectivity index (χ2n) is 4.75. The Labute approximate surface area is 132 Å². The highest BCUT2D eigenvalue weighted by Gasteiger charge is 2.10. The summed E-state index contributed by atoms with van der Waals surface area (Å²) in [6, 6.07) is 21.1. The number of benzene rings is 2. The third-order valence-corrected chi connectivity index (χ3v) is 4.16. The molecule has 1 aromatic heterocycles. The van der Waals surface area contributed by atoms with Crippen LogP contribution in [-0.2, 0) is 5.75 Å². The fourth-order valence-electron chi connectivity index (χ4n) is 2.13. The maximum absolute atomic E-state index is 11.7. The van der Waals surface area contributed by atoms with Gasteiger partial charge in [0.25, 0.3) is 5.56 Å². The second kappa shape index (κ2) is 6.49. The van der Waals surface area contributed by atoms with Crippen molar-refractivity contribution in [2.75, 3.05) is 5.73 Å². The van der Waals surface area contributed by atoms with Gasteiger partial charge in [0.2, 0.25) is 0 Å². The summed E-state index contributed by atoms with van der Waals surface area (Å²) in [5.41, 5.74) is 7.78. The zero-order valence-corrected chi connectivity index (χ0v) is 12.7. The van der Waals surface area contributed by atoms with E-state index >= 15 is 0 Å². The lowest BCUT2D eigenvalue weighted by atomic mass is 10.2. The second-order valence-corrected chi connectivity index (χ2v) is 5.69. The van der Waals surface area contributed by atoms with Gasteiger partial charge in [0.15, 0.2) is 5.16 Å². The average molecular weight is 309 g/mol. The van der Waals surface area contributed by atoms with Crippen LogP contribution >= 0.6 is 11.8 Å². The van der Waals surface area contributed by atoms with Gasteiger partial charge in [-0.3, -0.25) is 9.36 Å². The quantitative estimate of drug-likeness (QED) is 0.594. The molecule has 0 saturated carbocycles. The first-order valence-electron chi connectivity index (χ1n) is 6.86. The van der Waals surface area contributed by atoms with E-state index in [1.807, 2.05) is 60.7 Å². The van der Waals surface area contributed by atoms with E-state index in [1.54, 1.807) is 4.57 Å². The van der Waals surface area contributed by atoms with Gasteiger partial charge >= 0.3 is 0 Å². The van der Waals surface area contributed by atoms with Crippen molar-refractivity contribution in [3.05, 3.63) is 82.6 Å². The smallest absolute Gasteiger partial charge is 0.275 e. The van der Waals surface area contributed by atoms with Crippen molar-refractivity contribution in [3.63, 3.8) is 0 Å². The number of hydrogen-bond acceptors (Lipinski definition) is 4. The molecule has 3 rings (SSSR count). The van der Waals surface area contributed by atoms with Gasteiger partial charge in [-0.1, -0.05) is 60.3 Å². The van der Waals surface area contributed by atoms with Gasteiger partial charge in [0.1, 0.15) is 5.82 Å². The van der Waals surface area contributed by atoms with E-state index in [0.29, 0.717) is 11.0 Å². The molecule has 5 heteroatoms. The molecule has 2 aromatic carbocycles. The molecule has 0 atom stereocenters. The Balaban J connectivity index is 1.98. The van der Waals surface area contributed by atoms with E-state index in [2.05, 4.69) is 4.98 Å². The highest BCUT2D eigenvalue weighted by atomic mass is 32.2. The van der Waals surface area contributed by atoms with Crippen LogP contribution < -0.4 is 11.3 Å². The molecular weight excluding hydrogens is 294 g/mol. The average Bonchev–Trinajstić information content (AvgIpc) is 2.54. The summed E-state index contributed by atoms with van der Waals surface area (Å²) in [7, 11) is 0. The third-order valence-electron chi connectivity index (χ3n) is 3.15. The summed E-state index contributed by atoms with van der Waals surface area (Å²) in [6.07, 6.45) is 0. The predicted octanol–water partition coefficient (Wildman–Crippen LogP) is 3.11. The van der Waals surface area contributed by atoms with Gasteiger partial charge in [-0.05, 0) is 17.7 Å². The van der Waals surface area contributed by atoms with Crippen LogP contribution in [0.4, 0.5) is 5.82 Å². The van der Waals surface area contributed by atoms with Crippen LogP contribution in [0.5, 0.6) is 0 Å². The predicted molar refractivity (Wildman–Crippen MR) is 90.2 cm³/mol. The largest absolute Gasteiger partial charge is 0.385 e. The summed E-state index contributed by atoms with van der Waals surface area (Å²) < 4.78 is 1.80. The molecule has 0 aliphatic rings. The Bertz CT molecular complexity index is 816. The molecule has 0 bridgehead atoms. The fourth-order valence-corrected chi connectivity index (χ4v) is 3.12. The summed E-state index contributed by atoms with van der Waals surface area (Å²) in [6.45, 7) is 0. The van der Waals surface area contributed by atoms with Crippen LogP contribution in [0.15, 0.2) is 76.7 Å². The number of aromatic nitrogens is 2. The molecule has 2 N–H and O–H groups in total. The molecule has 4 nitrogen and oxygen atoms in total. The number of thioether (sulfide) groups is 1. The number of anilines is 1. The summed E-state index contributed by atoms with van der Waals surface area (Å²) in [4.78, 5) is 15.8. The number of nitrogen functional groups attached to an aromatic ring is 1. The van der Waals surface area contributed by atoms with Gasteiger partial charge in [-0.25, -0.2) is 0 Å². The summed E-state index contributed by atoms with van der Waals surface area (Å²) in [5.74, 6) is 1.12. The maximum Gasteiger partial charge on any atom is 0.275 e. The van der Waals surface area contributed by atoms with Crippen LogP contribution in [0.1, 0.15) is 5.56 Å². The Hall–Kier alpha value is -2.53. The van der Waals surface area contributed by atoms with Crippen LogP contribution in [0.3, 0.4) is 0 Å². The SMILES string of the molecule is Nc1cc(=O)nc(SCc2ccccc2)n1-c1ccccc1. The van der Waals surface area contributed by atoms with Crippen molar-refractivity contribution in [1.29, 1.82) is 0 Å². The molecule has 0 fully saturated rings. The monoisotopic (exact) mass is 309 g/mol. The topological polar surface area (TPSA) is 60.9 Å². The Kier molecular flexibility index (Phi) is 4.25. The molecular formula is C17H15N3OS. The van der Waals surface area contributed by atoms with Gasteiger partial charge in [-0.15, -0.1) is 0 Å². The lowest BCUT2D eigenvalue weighted by Crippen LogP contribution is -2.16. The molecule has 0 radical (unpaired) electrons. The molecule has 0 saturated heterocycles. The van der Waals surface area contributed by atoms with E-state index < -0.39 is 0 Å². The molecule has 0 spiro atoms. The number of nitrogens with zero attached hydrogens (tertiary/aromatic N) is 2. The number of rotatable bonds is 4. The third kappa shape index (κ3) is 3.20. The van der Waals surface area contributed by atoms with E-state index in [-0.39, 0.29) is 5.56 Å². The lowest BCUT2D eigenvalue weighted by Gasteiger charge is -2.14. The fraction of sp³-hybridized carbons (Fsp3) is 0.0588. The summed E-state index contributed by atoms with van der Waals surface area (Å²) >= 11 is 1.50. The van der Waals surface area contributed by atoms with Crippen LogP contribution in [-0.4, -0.2) is 9.55 Å². The van der Waals surface area contributed by atoms with Crippen molar-refractivity contribution in [2.24, 2.45) is 0 Å². The zero-order valence-electron chi connectivity index (χ0n) is 11.8. The standard InChI is InChI=1S/C17H15N3OS/c18-15-11-16(21)19-17(20(15)14-9-5-2-6-10-14)22-12-13-7-3-1-4-8-13/h1-11H,12,18H2. The van der Waals surface area contributed by atoms with E-state index in [4.69, 9.17) is 5.73 Å². The first-order chi connectivity index (χ1) is 10.7. The van der Waals surface area contributed by atoms with Crippen molar-refractivity contribution in [1.82, 2.24) is 9.55 Å². The lowest BCUT2D eigenvalue weighted by molar-refractivity contribution is 0.823. The minimum Gasteiger partial charge on any atom is -0.385 e. The normalized spacial score (nSPS) is 10.5. The Morgan fingerprint density at radius 3 is 2.32 bits per heavy atom. The van der Waals surface area contributed by atoms with Crippen molar-refractivity contribution >= 4 is 17.6 Å². The van der Waals surface area contributed by atoms with Gasteiger partial charge in [0, 0.05) is 17.5 Å². The first-order valence-corrected chi connectivity index (χ1v) is 7.84. The number of para-hydroxylation sites is 1. The van der Waals surface area contributed by atoms with Gasteiger partial charge in [0.05, 0.1) is 0 Å². The maximum atomic E-state index is 11.7. The Morgan fingerprint density at radius 1 is 1.00 bits per heavy atom. The molecule has 0 amide bonds. The zero-order chi connectivity index (χ0) is 15.4. The molecule has 3 aromatic rings. The van der Waals surface area contributed by atoms with Crippen molar-refractivity contribution < 1.29 is 0 Å². The molecule has 0 unspecified atom stereocenters. The summed E-state index contributed by atoms with van der Waals surface area (Å²) in [5, 5.41) is 0.597. The van der Waals surface area contributed by atoms with E-state index in [9.17, 15) is 4.79 Å².